The number of aromatic hydroxyl groups is 2. The number of sulfonamides is 1. The van der Waals surface area contributed by atoms with Gasteiger partial charge in [0.15, 0.2) is 5.84 Å². The third kappa shape index (κ3) is 3.39. The molecular formula is C21H17ClFN3O5S. The first-order chi connectivity index (χ1) is 15.2. The second-order valence-corrected chi connectivity index (χ2v) is 9.89. The van der Waals surface area contributed by atoms with Gasteiger partial charge in [0, 0.05) is 18.0 Å². The third-order valence-electron chi connectivity index (χ3n) is 5.69. The molecule has 11 heteroatoms. The van der Waals surface area contributed by atoms with Crippen LogP contribution in [0.5, 0.6) is 11.5 Å². The van der Waals surface area contributed by atoms with Crippen LogP contribution in [-0.4, -0.2) is 29.0 Å². The van der Waals surface area contributed by atoms with E-state index >= 15 is 0 Å². The van der Waals surface area contributed by atoms with Crippen LogP contribution in [0.3, 0.4) is 0 Å². The Labute approximate surface area is 186 Å². The zero-order chi connectivity index (χ0) is 22.8. The lowest BCUT2D eigenvalue weighted by Crippen LogP contribution is -2.33. The number of aromatic nitrogens is 1. The van der Waals surface area contributed by atoms with Crippen molar-refractivity contribution in [3.8, 4) is 11.5 Å². The molecule has 1 aliphatic heterocycles. The Morgan fingerprint density at radius 3 is 2.69 bits per heavy atom. The SMILES string of the molecule is O=c1c(C2=NS(=O)(=O)c3cc(O)c(Cl)cc3N2)c(O)c2cc(F)ccc2n1CCC1CC1. The minimum atomic E-state index is -4.33. The standard InChI is InChI=1S/C21H17ClFN3O5S/c22-13-8-14-17(9-16(13)27)32(30,31)25-20(24-14)18-19(28)12-7-11(23)3-4-15(12)26(21(18)29)6-5-10-1-2-10/h3-4,7-10,27-28H,1-2,5-6H2,(H,24,25). The van der Waals surface area contributed by atoms with E-state index in [1.54, 1.807) is 0 Å². The summed E-state index contributed by atoms with van der Waals surface area (Å²) in [7, 11) is -4.33. The minimum absolute atomic E-state index is 0.0135. The lowest BCUT2D eigenvalue weighted by Gasteiger charge is -2.21. The van der Waals surface area contributed by atoms with Gasteiger partial charge in [0.05, 0.1) is 16.2 Å². The summed E-state index contributed by atoms with van der Waals surface area (Å²) in [6.07, 6.45) is 2.87. The Bertz CT molecular complexity index is 1500. The average Bonchev–Trinajstić information content (AvgIpc) is 3.54. The number of phenols is 1. The lowest BCUT2D eigenvalue weighted by atomic mass is 10.1. The van der Waals surface area contributed by atoms with Gasteiger partial charge in [-0.25, -0.2) is 4.39 Å². The van der Waals surface area contributed by atoms with Gasteiger partial charge in [-0.15, -0.1) is 4.40 Å². The van der Waals surface area contributed by atoms with E-state index in [-0.39, 0.29) is 21.0 Å². The second-order valence-electron chi connectivity index (χ2n) is 7.91. The van der Waals surface area contributed by atoms with Crippen LogP contribution in [0.25, 0.3) is 10.9 Å². The summed E-state index contributed by atoms with van der Waals surface area (Å²) < 4.78 is 44.5. The molecule has 0 atom stereocenters. The smallest absolute Gasteiger partial charge is 0.286 e. The van der Waals surface area contributed by atoms with Crippen LogP contribution in [0.2, 0.25) is 5.02 Å². The normalized spacial score (nSPS) is 17.0. The molecular weight excluding hydrogens is 461 g/mol. The van der Waals surface area contributed by atoms with Gasteiger partial charge in [-0.2, -0.15) is 8.42 Å². The highest BCUT2D eigenvalue weighted by molar-refractivity contribution is 7.90. The molecule has 8 nitrogen and oxygen atoms in total. The molecule has 0 radical (unpaired) electrons. The maximum Gasteiger partial charge on any atom is 0.286 e. The number of amidine groups is 1. The van der Waals surface area contributed by atoms with E-state index in [9.17, 15) is 27.8 Å². The number of benzene rings is 2. The highest BCUT2D eigenvalue weighted by atomic mass is 35.5. The fourth-order valence-electron chi connectivity index (χ4n) is 3.85. The number of phenolic OH excluding ortho intramolecular Hbond substituents is 1. The van der Waals surface area contributed by atoms with Gasteiger partial charge in [-0.3, -0.25) is 4.79 Å². The summed E-state index contributed by atoms with van der Waals surface area (Å²) in [6.45, 7) is 0.329. The highest BCUT2D eigenvalue weighted by Gasteiger charge is 2.31. The number of hydrogen-bond acceptors (Lipinski definition) is 6. The number of nitrogens with zero attached hydrogens (tertiary/aromatic N) is 2. The Morgan fingerprint density at radius 1 is 1.22 bits per heavy atom. The molecule has 1 fully saturated rings. The Kier molecular flexibility index (Phi) is 4.68. The molecule has 1 aromatic heterocycles. The van der Waals surface area contributed by atoms with Crippen molar-refractivity contribution in [2.75, 3.05) is 5.32 Å². The van der Waals surface area contributed by atoms with E-state index in [0.29, 0.717) is 18.0 Å². The largest absolute Gasteiger partial charge is 0.506 e. The lowest BCUT2D eigenvalue weighted by molar-refractivity contribution is 0.473. The second kappa shape index (κ2) is 7.21. The molecule has 5 rings (SSSR count). The molecule has 0 unspecified atom stereocenters. The summed E-state index contributed by atoms with van der Waals surface area (Å²) in [5.41, 5.74) is -0.722. The Hall–Kier alpha value is -3.11. The van der Waals surface area contributed by atoms with Crippen LogP contribution in [0.1, 0.15) is 24.8 Å². The van der Waals surface area contributed by atoms with Gasteiger partial charge in [0.25, 0.3) is 15.6 Å². The van der Waals surface area contributed by atoms with E-state index in [1.165, 1.54) is 22.8 Å². The number of halogens is 2. The summed E-state index contributed by atoms with van der Waals surface area (Å²) in [5.74, 6) is -1.55. The average molecular weight is 478 g/mol. The maximum atomic E-state index is 14.0. The van der Waals surface area contributed by atoms with E-state index < -0.39 is 44.3 Å². The molecule has 0 amide bonds. The zero-order valence-electron chi connectivity index (χ0n) is 16.5. The first-order valence-corrected chi connectivity index (χ1v) is 11.7. The van der Waals surface area contributed by atoms with Crippen molar-refractivity contribution >= 4 is 44.1 Å². The first kappa shape index (κ1) is 20.8. The van der Waals surface area contributed by atoms with Crippen LogP contribution in [0.15, 0.2) is 44.4 Å². The molecule has 0 saturated heterocycles. The Balaban J connectivity index is 1.74. The maximum absolute atomic E-state index is 14.0. The van der Waals surface area contributed by atoms with Crippen molar-refractivity contribution in [3.05, 3.63) is 57.1 Å². The highest BCUT2D eigenvalue weighted by Crippen LogP contribution is 2.38. The molecule has 2 aliphatic rings. The van der Waals surface area contributed by atoms with Crippen LogP contribution >= 0.6 is 11.6 Å². The monoisotopic (exact) mass is 477 g/mol. The summed E-state index contributed by atoms with van der Waals surface area (Å²) in [5, 5.41) is 23.3. The quantitative estimate of drug-likeness (QED) is 0.494. The minimum Gasteiger partial charge on any atom is -0.506 e. The molecule has 1 saturated carbocycles. The van der Waals surface area contributed by atoms with Crippen LogP contribution in [0, 0.1) is 11.7 Å². The molecule has 2 heterocycles. The van der Waals surface area contributed by atoms with E-state index in [2.05, 4.69) is 9.71 Å². The zero-order valence-corrected chi connectivity index (χ0v) is 18.0. The van der Waals surface area contributed by atoms with Gasteiger partial charge < -0.3 is 20.1 Å². The molecule has 0 spiro atoms. The van der Waals surface area contributed by atoms with Crippen molar-refractivity contribution in [1.82, 2.24) is 4.57 Å². The van der Waals surface area contributed by atoms with Crippen molar-refractivity contribution in [3.63, 3.8) is 0 Å². The number of aryl methyl sites for hydroxylation is 1. The number of rotatable bonds is 4. The van der Waals surface area contributed by atoms with E-state index in [1.807, 2.05) is 0 Å². The molecule has 0 bridgehead atoms. The van der Waals surface area contributed by atoms with Gasteiger partial charge in [-0.05, 0) is 36.6 Å². The third-order valence-corrected chi connectivity index (χ3v) is 7.31. The predicted molar refractivity (Wildman–Crippen MR) is 118 cm³/mol. The molecule has 2 aromatic carbocycles. The first-order valence-electron chi connectivity index (χ1n) is 9.85. The number of hydrogen-bond donors (Lipinski definition) is 3. The summed E-state index contributed by atoms with van der Waals surface area (Å²) in [4.78, 5) is 13.1. The van der Waals surface area contributed by atoms with Crippen LogP contribution in [-0.2, 0) is 16.6 Å². The van der Waals surface area contributed by atoms with Crippen LogP contribution < -0.4 is 10.9 Å². The molecule has 3 N–H and O–H groups in total. The van der Waals surface area contributed by atoms with Crippen molar-refractivity contribution in [1.29, 1.82) is 0 Å². The van der Waals surface area contributed by atoms with Crippen molar-refractivity contribution in [2.24, 2.45) is 10.3 Å². The fraction of sp³-hybridized carbons (Fsp3) is 0.238. The van der Waals surface area contributed by atoms with Gasteiger partial charge in [-0.1, -0.05) is 24.4 Å². The molecule has 1 aliphatic carbocycles. The fourth-order valence-corrected chi connectivity index (χ4v) is 5.14. The van der Waals surface area contributed by atoms with E-state index in [0.717, 1.165) is 31.4 Å². The van der Waals surface area contributed by atoms with Crippen molar-refractivity contribution in [2.45, 2.75) is 30.7 Å². The topological polar surface area (TPSA) is 121 Å². The summed E-state index contributed by atoms with van der Waals surface area (Å²) in [6, 6.07) is 5.82. The molecule has 32 heavy (non-hydrogen) atoms. The van der Waals surface area contributed by atoms with Gasteiger partial charge >= 0.3 is 0 Å². The predicted octanol–water partition coefficient (Wildman–Crippen LogP) is 3.57. The number of nitrogens with one attached hydrogen (secondary N) is 1. The van der Waals surface area contributed by atoms with Gasteiger partial charge in [0.1, 0.15) is 27.8 Å². The number of anilines is 1. The summed E-state index contributed by atoms with van der Waals surface area (Å²) >= 11 is 5.91. The van der Waals surface area contributed by atoms with Crippen molar-refractivity contribution < 1.29 is 23.0 Å². The molecule has 3 aromatic rings. The number of pyridine rings is 1. The van der Waals surface area contributed by atoms with Crippen LogP contribution in [0.4, 0.5) is 10.1 Å². The Morgan fingerprint density at radius 2 is 1.97 bits per heavy atom. The molecule has 166 valence electrons. The number of fused-ring (bicyclic) bond motifs is 2. The van der Waals surface area contributed by atoms with E-state index in [4.69, 9.17) is 11.6 Å². The van der Waals surface area contributed by atoms with Gasteiger partial charge in [0.2, 0.25) is 0 Å².